The van der Waals surface area contributed by atoms with E-state index in [1.165, 1.54) is 0 Å². The van der Waals surface area contributed by atoms with Gasteiger partial charge in [-0.05, 0) is 45.5 Å². The molecule has 1 amide bonds. The molecule has 26 heavy (non-hydrogen) atoms. The van der Waals surface area contributed by atoms with Crippen LogP contribution < -0.4 is 0 Å². The van der Waals surface area contributed by atoms with Gasteiger partial charge in [0.15, 0.2) is 5.65 Å². The van der Waals surface area contributed by atoms with E-state index in [9.17, 15) is 4.79 Å². The molecule has 0 N–H and O–H groups in total. The smallest absolute Gasteiger partial charge is 0.251 e. The zero-order valence-electron chi connectivity index (χ0n) is 15.6. The Bertz CT molecular complexity index is 781. The minimum absolute atomic E-state index is 0.152. The van der Waals surface area contributed by atoms with Crippen molar-refractivity contribution in [2.45, 2.75) is 37.8 Å². The zero-order chi connectivity index (χ0) is 18.1. The Kier molecular flexibility index (Phi) is 4.91. The van der Waals surface area contributed by atoms with Crippen LogP contribution in [0.1, 0.15) is 30.9 Å². The fourth-order valence-electron chi connectivity index (χ4n) is 3.95. The molecule has 0 spiro atoms. The number of carbonyl (C=O) groups is 1. The lowest BCUT2D eigenvalue weighted by Crippen LogP contribution is -2.37. The minimum atomic E-state index is -0.232. The van der Waals surface area contributed by atoms with Crippen LogP contribution in [0.5, 0.6) is 0 Å². The van der Waals surface area contributed by atoms with Crippen LogP contribution in [0, 0.1) is 0 Å². The molecule has 0 aliphatic carbocycles. The van der Waals surface area contributed by atoms with Crippen LogP contribution in [-0.2, 0) is 16.1 Å². The highest BCUT2D eigenvalue weighted by Gasteiger charge is 2.35. The molecule has 0 aromatic carbocycles. The predicted octanol–water partition coefficient (Wildman–Crippen LogP) is 1.49. The Morgan fingerprint density at radius 3 is 3.04 bits per heavy atom. The molecule has 2 aliphatic heterocycles. The van der Waals surface area contributed by atoms with Crippen molar-refractivity contribution in [2.24, 2.45) is 0 Å². The summed E-state index contributed by atoms with van der Waals surface area (Å²) in [6.45, 7) is 3.95. The monoisotopic (exact) mass is 357 g/mol. The molecule has 140 valence electrons. The fraction of sp³-hybridized carbons (Fsp3) is 0.632. The van der Waals surface area contributed by atoms with E-state index < -0.39 is 0 Å². The van der Waals surface area contributed by atoms with Crippen LogP contribution in [0.25, 0.3) is 11.0 Å². The number of fused-ring (bicyclic) bond motifs is 1. The van der Waals surface area contributed by atoms with Crippen LogP contribution in [0.3, 0.4) is 0 Å². The van der Waals surface area contributed by atoms with Crippen molar-refractivity contribution >= 4 is 16.9 Å². The maximum absolute atomic E-state index is 12.6. The average molecular weight is 357 g/mol. The van der Waals surface area contributed by atoms with Gasteiger partial charge in [-0.25, -0.2) is 9.67 Å². The molecule has 0 bridgehead atoms. The van der Waals surface area contributed by atoms with Gasteiger partial charge in [0.05, 0.1) is 12.2 Å². The maximum Gasteiger partial charge on any atom is 0.251 e. The second-order valence-corrected chi connectivity index (χ2v) is 7.56. The van der Waals surface area contributed by atoms with Crippen LogP contribution in [0.15, 0.2) is 18.3 Å². The van der Waals surface area contributed by atoms with Crippen LogP contribution in [0.4, 0.5) is 0 Å². The third kappa shape index (κ3) is 3.33. The molecule has 2 aliphatic rings. The lowest BCUT2D eigenvalue weighted by Gasteiger charge is -2.19. The molecular formula is C19H27N5O2. The third-order valence-electron chi connectivity index (χ3n) is 5.39. The molecule has 2 saturated heterocycles. The second-order valence-electron chi connectivity index (χ2n) is 7.56. The molecule has 7 heteroatoms. The largest absolute Gasteiger partial charge is 0.368 e. The predicted molar refractivity (Wildman–Crippen MR) is 99.0 cm³/mol. The van der Waals surface area contributed by atoms with Gasteiger partial charge in [0.1, 0.15) is 6.10 Å². The van der Waals surface area contributed by atoms with Crippen molar-refractivity contribution in [1.82, 2.24) is 24.6 Å². The van der Waals surface area contributed by atoms with Gasteiger partial charge in [0, 0.05) is 43.7 Å². The van der Waals surface area contributed by atoms with E-state index in [2.05, 4.69) is 30.0 Å². The molecule has 2 aromatic rings. The fourth-order valence-corrected chi connectivity index (χ4v) is 3.95. The molecule has 2 aromatic heterocycles. The molecule has 7 nitrogen and oxygen atoms in total. The van der Waals surface area contributed by atoms with Gasteiger partial charge in [0.25, 0.3) is 5.91 Å². The number of hydrogen-bond donors (Lipinski definition) is 0. The van der Waals surface area contributed by atoms with Gasteiger partial charge in [-0.3, -0.25) is 4.79 Å². The topological polar surface area (TPSA) is 63.5 Å². The molecule has 2 atom stereocenters. The number of hydrogen-bond acceptors (Lipinski definition) is 5. The van der Waals surface area contributed by atoms with Gasteiger partial charge in [-0.1, -0.05) is 0 Å². The number of pyridine rings is 1. The zero-order valence-corrected chi connectivity index (χ0v) is 15.6. The van der Waals surface area contributed by atoms with Crippen LogP contribution >= 0.6 is 0 Å². The number of amides is 1. The van der Waals surface area contributed by atoms with Gasteiger partial charge in [-0.2, -0.15) is 5.10 Å². The quantitative estimate of drug-likeness (QED) is 0.811. The Morgan fingerprint density at radius 2 is 2.27 bits per heavy atom. The van der Waals surface area contributed by atoms with E-state index in [-0.39, 0.29) is 17.9 Å². The summed E-state index contributed by atoms with van der Waals surface area (Å²) >= 11 is 0. The number of aromatic nitrogens is 3. The first-order valence-electron chi connectivity index (χ1n) is 9.50. The van der Waals surface area contributed by atoms with Gasteiger partial charge >= 0.3 is 0 Å². The summed E-state index contributed by atoms with van der Waals surface area (Å²) in [6, 6.07) is 4.06. The first-order chi connectivity index (χ1) is 12.6. The summed E-state index contributed by atoms with van der Waals surface area (Å²) in [6.07, 6.45) is 4.38. The average Bonchev–Trinajstić information content (AvgIpc) is 3.38. The lowest BCUT2D eigenvalue weighted by molar-refractivity contribution is -0.139. The van der Waals surface area contributed by atoms with E-state index in [4.69, 9.17) is 9.84 Å². The highest BCUT2D eigenvalue weighted by Crippen LogP contribution is 2.32. The normalized spacial score (nSPS) is 23.4. The van der Waals surface area contributed by atoms with Crippen molar-refractivity contribution in [1.29, 1.82) is 0 Å². The van der Waals surface area contributed by atoms with E-state index in [1.54, 1.807) is 0 Å². The molecular weight excluding hydrogens is 330 g/mol. The summed E-state index contributed by atoms with van der Waals surface area (Å²) in [5, 5.41) is 6.01. The first kappa shape index (κ1) is 17.4. The molecule has 0 unspecified atom stereocenters. The molecule has 0 radical (unpaired) electrons. The van der Waals surface area contributed by atoms with Crippen molar-refractivity contribution < 1.29 is 9.53 Å². The highest BCUT2D eigenvalue weighted by atomic mass is 16.5. The standard InChI is InChI=1S/C19H27N5O2/c1-22(2)10-11-24-18-15(5-3-8-20-18)17(21-24)14-7-9-23(13-14)19(25)16-6-4-12-26-16/h3,5,8,14,16H,4,6-7,9-13H2,1-2H3/t14-,16+/m0/s1. The second kappa shape index (κ2) is 7.32. The Hall–Kier alpha value is -1.99. The number of likely N-dealkylation sites (tertiary alicyclic amines) is 1. The third-order valence-corrected chi connectivity index (χ3v) is 5.39. The minimum Gasteiger partial charge on any atom is -0.368 e. The van der Waals surface area contributed by atoms with Crippen molar-refractivity contribution in [3.8, 4) is 0 Å². The summed E-state index contributed by atoms with van der Waals surface area (Å²) in [4.78, 5) is 21.3. The van der Waals surface area contributed by atoms with E-state index >= 15 is 0 Å². The van der Waals surface area contributed by atoms with Crippen molar-refractivity contribution in [2.75, 3.05) is 40.3 Å². The van der Waals surface area contributed by atoms with E-state index in [0.717, 1.165) is 62.2 Å². The van der Waals surface area contributed by atoms with Crippen LogP contribution in [-0.4, -0.2) is 76.9 Å². The maximum atomic E-state index is 12.6. The first-order valence-corrected chi connectivity index (χ1v) is 9.50. The Labute approximate surface area is 153 Å². The van der Waals surface area contributed by atoms with Crippen LogP contribution in [0.2, 0.25) is 0 Å². The summed E-state index contributed by atoms with van der Waals surface area (Å²) in [5.41, 5.74) is 2.02. The highest BCUT2D eigenvalue weighted by molar-refractivity contribution is 5.82. The van der Waals surface area contributed by atoms with E-state index in [0.29, 0.717) is 6.61 Å². The number of nitrogens with zero attached hydrogens (tertiary/aromatic N) is 5. The Balaban J connectivity index is 1.54. The van der Waals surface area contributed by atoms with Crippen molar-refractivity contribution in [3.63, 3.8) is 0 Å². The molecule has 4 rings (SSSR count). The van der Waals surface area contributed by atoms with Crippen molar-refractivity contribution in [3.05, 3.63) is 24.0 Å². The Morgan fingerprint density at radius 1 is 1.38 bits per heavy atom. The molecule has 2 fully saturated rings. The summed E-state index contributed by atoms with van der Waals surface area (Å²) < 4.78 is 7.58. The number of carbonyl (C=O) groups excluding carboxylic acids is 1. The van der Waals surface area contributed by atoms with E-state index in [1.807, 2.05) is 21.8 Å². The summed E-state index contributed by atoms with van der Waals surface area (Å²) in [5.74, 6) is 0.423. The van der Waals surface area contributed by atoms with Gasteiger partial charge < -0.3 is 14.5 Å². The number of ether oxygens (including phenoxy) is 1. The van der Waals surface area contributed by atoms with Gasteiger partial charge in [0.2, 0.25) is 0 Å². The molecule has 0 saturated carbocycles. The SMILES string of the molecule is CN(C)CCn1nc([C@H]2CCN(C(=O)[C@H]3CCCO3)C2)c2cccnc21. The lowest BCUT2D eigenvalue weighted by atomic mass is 10.0. The summed E-state index contributed by atoms with van der Waals surface area (Å²) in [7, 11) is 4.12. The molecule has 4 heterocycles. The number of likely N-dealkylation sites (N-methyl/N-ethyl adjacent to an activating group) is 1. The van der Waals surface area contributed by atoms with Gasteiger partial charge in [-0.15, -0.1) is 0 Å². The number of rotatable bonds is 5.